The van der Waals surface area contributed by atoms with E-state index >= 15 is 8.78 Å². The summed E-state index contributed by atoms with van der Waals surface area (Å²) in [7, 11) is -4.19. The molecule has 0 unspecified atom stereocenters. The van der Waals surface area contributed by atoms with Gasteiger partial charge in [0.15, 0.2) is 0 Å². The highest BCUT2D eigenvalue weighted by Crippen LogP contribution is 2.54. The predicted molar refractivity (Wildman–Crippen MR) is 121 cm³/mol. The lowest BCUT2D eigenvalue weighted by atomic mass is 9.94. The first kappa shape index (κ1) is 27.3. The van der Waals surface area contributed by atoms with Crippen LogP contribution in [0.3, 0.4) is 0 Å². The SMILES string of the molecule is NS(=O)(=O)c1ccc(-c2c(-c3ccc(F)cc3)c(C(F)(F)C(F)(F)C(F)(F)F)nn2-c2ccccc2)cc1. The average molecular weight is 561 g/mol. The molecule has 0 bridgehead atoms. The molecule has 1 heterocycles. The molecule has 2 N–H and O–H groups in total. The van der Waals surface area contributed by atoms with E-state index in [-0.39, 0.29) is 21.7 Å². The van der Waals surface area contributed by atoms with E-state index in [0.29, 0.717) is 0 Å². The number of alkyl halides is 7. The molecule has 0 amide bonds. The van der Waals surface area contributed by atoms with E-state index in [2.05, 4.69) is 5.10 Å². The first-order chi connectivity index (χ1) is 17.6. The molecule has 5 nitrogen and oxygen atoms in total. The molecule has 0 fully saturated rings. The highest BCUT2D eigenvalue weighted by atomic mass is 32.2. The minimum Gasteiger partial charge on any atom is -0.232 e. The van der Waals surface area contributed by atoms with Crippen LogP contribution in [0, 0.1) is 5.82 Å². The zero-order valence-electron chi connectivity index (χ0n) is 18.7. The lowest BCUT2D eigenvalue weighted by molar-refractivity contribution is -0.360. The van der Waals surface area contributed by atoms with Gasteiger partial charge in [-0.25, -0.2) is 22.6 Å². The van der Waals surface area contributed by atoms with Crippen molar-refractivity contribution in [2.45, 2.75) is 22.9 Å². The quantitative estimate of drug-likeness (QED) is 0.282. The summed E-state index contributed by atoms with van der Waals surface area (Å²) in [5.41, 5.74) is -3.63. The van der Waals surface area contributed by atoms with E-state index < -0.39 is 50.8 Å². The van der Waals surface area contributed by atoms with Crippen LogP contribution in [0.25, 0.3) is 28.1 Å². The molecule has 0 aliphatic rings. The molecule has 0 atom stereocenters. The van der Waals surface area contributed by atoms with Gasteiger partial charge in [0.05, 0.1) is 16.3 Å². The Morgan fingerprint density at radius 1 is 0.737 bits per heavy atom. The summed E-state index contributed by atoms with van der Waals surface area (Å²) in [5.74, 6) is -13.3. The molecule has 0 radical (unpaired) electrons. The summed E-state index contributed by atoms with van der Waals surface area (Å²) in [5, 5.41) is 8.61. The lowest BCUT2D eigenvalue weighted by Gasteiger charge is -2.27. The smallest absolute Gasteiger partial charge is 0.232 e. The average Bonchev–Trinajstić information content (AvgIpc) is 3.25. The van der Waals surface area contributed by atoms with Gasteiger partial charge in [0.1, 0.15) is 11.5 Å². The van der Waals surface area contributed by atoms with Gasteiger partial charge in [0.2, 0.25) is 10.0 Å². The number of para-hydroxylation sites is 1. The van der Waals surface area contributed by atoms with Gasteiger partial charge in [-0.2, -0.15) is 35.8 Å². The molecule has 14 heteroatoms. The van der Waals surface area contributed by atoms with Crippen LogP contribution < -0.4 is 5.14 Å². The van der Waals surface area contributed by atoms with Crippen molar-refractivity contribution >= 4 is 10.0 Å². The van der Waals surface area contributed by atoms with E-state index in [9.17, 15) is 34.8 Å². The molecule has 0 aliphatic carbocycles. The lowest BCUT2D eigenvalue weighted by Crippen LogP contribution is -2.50. The zero-order chi connectivity index (χ0) is 28.1. The van der Waals surface area contributed by atoms with Gasteiger partial charge in [-0.3, -0.25) is 0 Å². The van der Waals surface area contributed by atoms with Gasteiger partial charge in [0, 0.05) is 11.1 Å². The molecule has 38 heavy (non-hydrogen) atoms. The molecule has 0 saturated heterocycles. The van der Waals surface area contributed by atoms with Crippen molar-refractivity contribution in [2.24, 2.45) is 5.14 Å². The Morgan fingerprint density at radius 3 is 1.76 bits per heavy atom. The summed E-state index contributed by atoms with van der Waals surface area (Å²) >= 11 is 0. The number of aromatic nitrogens is 2. The first-order valence-corrected chi connectivity index (χ1v) is 12.0. The van der Waals surface area contributed by atoms with Crippen LogP contribution in [-0.2, 0) is 15.9 Å². The number of benzene rings is 3. The Hall–Kier alpha value is -3.78. The van der Waals surface area contributed by atoms with Crippen LogP contribution in [0.5, 0.6) is 0 Å². The Labute approximate surface area is 210 Å². The third-order valence-corrected chi connectivity index (χ3v) is 6.45. The maximum absolute atomic E-state index is 15.2. The standard InChI is InChI=1S/C24H15F8N3O2S/c25-16-10-6-14(7-11-16)19-20(15-8-12-18(13-9-15)38(33,36)37)35(17-4-2-1-3-5-17)34-21(19)22(26,27)23(28,29)24(30,31)32/h1-13H,(H2,33,36,37). The van der Waals surface area contributed by atoms with Crippen LogP contribution in [0.1, 0.15) is 5.69 Å². The molecule has 0 saturated carbocycles. The zero-order valence-corrected chi connectivity index (χ0v) is 19.5. The fourth-order valence-corrected chi connectivity index (χ4v) is 4.20. The van der Waals surface area contributed by atoms with Gasteiger partial charge in [0.25, 0.3) is 0 Å². The molecule has 4 rings (SSSR count). The van der Waals surface area contributed by atoms with E-state index in [1.165, 1.54) is 30.3 Å². The number of nitrogens with two attached hydrogens (primary N) is 1. The van der Waals surface area contributed by atoms with Crippen LogP contribution in [-0.4, -0.2) is 30.3 Å². The molecule has 200 valence electrons. The largest absolute Gasteiger partial charge is 0.460 e. The fourth-order valence-electron chi connectivity index (χ4n) is 3.68. The minimum atomic E-state index is -6.65. The molecular formula is C24H15F8N3O2S. The Kier molecular flexibility index (Phi) is 6.60. The van der Waals surface area contributed by atoms with Gasteiger partial charge in [-0.1, -0.05) is 42.5 Å². The summed E-state index contributed by atoms with van der Waals surface area (Å²) in [4.78, 5) is -0.385. The van der Waals surface area contributed by atoms with Crippen LogP contribution >= 0.6 is 0 Å². The number of nitrogens with zero attached hydrogens (tertiary/aromatic N) is 2. The van der Waals surface area contributed by atoms with Crippen molar-refractivity contribution < 1.29 is 43.5 Å². The van der Waals surface area contributed by atoms with Gasteiger partial charge >= 0.3 is 18.0 Å². The van der Waals surface area contributed by atoms with Crippen molar-refractivity contribution in [1.29, 1.82) is 0 Å². The maximum Gasteiger partial charge on any atom is 0.460 e. The summed E-state index contributed by atoms with van der Waals surface area (Å²) in [6.45, 7) is 0. The summed E-state index contributed by atoms with van der Waals surface area (Å²) in [6, 6.07) is 14.6. The van der Waals surface area contributed by atoms with Crippen molar-refractivity contribution in [2.75, 3.05) is 0 Å². The third-order valence-electron chi connectivity index (χ3n) is 5.52. The van der Waals surface area contributed by atoms with Crippen LogP contribution in [0.4, 0.5) is 35.1 Å². The highest BCUT2D eigenvalue weighted by molar-refractivity contribution is 7.89. The van der Waals surface area contributed by atoms with Gasteiger partial charge in [-0.15, -0.1) is 0 Å². The second-order valence-electron chi connectivity index (χ2n) is 8.04. The number of sulfonamides is 1. The van der Waals surface area contributed by atoms with E-state index in [4.69, 9.17) is 5.14 Å². The Morgan fingerprint density at radius 2 is 1.26 bits per heavy atom. The third kappa shape index (κ3) is 4.65. The molecule has 3 aromatic carbocycles. The second kappa shape index (κ2) is 9.20. The van der Waals surface area contributed by atoms with Crippen LogP contribution in [0.15, 0.2) is 83.8 Å². The number of hydrogen-bond acceptors (Lipinski definition) is 3. The second-order valence-corrected chi connectivity index (χ2v) is 9.60. The molecule has 0 aliphatic heterocycles. The Bertz CT molecular complexity index is 1570. The van der Waals surface area contributed by atoms with Crippen molar-refractivity contribution in [1.82, 2.24) is 9.78 Å². The minimum absolute atomic E-state index is 0.00115. The highest BCUT2D eigenvalue weighted by Gasteiger charge is 2.75. The van der Waals surface area contributed by atoms with Gasteiger partial charge in [-0.05, 0) is 42.0 Å². The number of primary sulfonamides is 1. The maximum atomic E-state index is 15.2. The number of halogens is 8. The molecule has 4 aromatic rings. The summed E-state index contributed by atoms with van der Waals surface area (Å²) in [6.07, 6.45) is -6.65. The number of rotatable bonds is 6. The monoisotopic (exact) mass is 561 g/mol. The van der Waals surface area contributed by atoms with E-state index in [0.717, 1.165) is 53.2 Å². The van der Waals surface area contributed by atoms with Crippen molar-refractivity contribution in [3.63, 3.8) is 0 Å². The molecular weight excluding hydrogens is 546 g/mol. The summed E-state index contributed by atoms with van der Waals surface area (Å²) < 4.78 is 136. The van der Waals surface area contributed by atoms with E-state index in [1.807, 2.05) is 0 Å². The predicted octanol–water partition coefficient (Wildman–Crippen LogP) is 6.28. The van der Waals surface area contributed by atoms with E-state index in [1.54, 1.807) is 0 Å². The molecule has 0 spiro atoms. The van der Waals surface area contributed by atoms with Gasteiger partial charge < -0.3 is 0 Å². The Balaban J connectivity index is 2.14. The van der Waals surface area contributed by atoms with Crippen LogP contribution in [0.2, 0.25) is 0 Å². The van der Waals surface area contributed by atoms with Crippen molar-refractivity contribution in [3.05, 3.63) is 90.4 Å². The van der Waals surface area contributed by atoms with Crippen molar-refractivity contribution in [3.8, 4) is 28.1 Å². The first-order valence-electron chi connectivity index (χ1n) is 10.5. The topological polar surface area (TPSA) is 78.0 Å². The normalized spacial score (nSPS) is 13.1. The molecule has 1 aromatic heterocycles. The fraction of sp³-hybridized carbons (Fsp3) is 0.125. The number of hydrogen-bond donors (Lipinski definition) is 1.